The van der Waals surface area contributed by atoms with Crippen LogP contribution in [0.15, 0.2) is 24.8 Å². The average molecular weight is 342 g/mol. The molecule has 0 bridgehead atoms. The van der Waals surface area contributed by atoms with Crippen LogP contribution in [0.25, 0.3) is 0 Å². The second-order valence-electron chi connectivity index (χ2n) is 5.78. The number of methoxy groups -OCH3 is 2. The molecule has 0 N–H and O–H groups in total. The Labute approximate surface area is 142 Å². The van der Waals surface area contributed by atoms with Gasteiger partial charge in [0.15, 0.2) is 0 Å². The molecule has 24 heavy (non-hydrogen) atoms. The number of carbonyl (C=O) groups is 1. The van der Waals surface area contributed by atoms with Crippen molar-refractivity contribution in [3.63, 3.8) is 0 Å². The highest BCUT2D eigenvalue weighted by Gasteiger charge is 2.40. The van der Waals surface area contributed by atoms with Gasteiger partial charge in [-0.1, -0.05) is 12.2 Å². The Kier molecular flexibility index (Phi) is 7.87. The molecule has 2 aliphatic rings. The smallest absolute Gasteiger partial charge is 0.330 e. The molecular formula is C17H26O7. The summed E-state index contributed by atoms with van der Waals surface area (Å²) in [7, 11) is 3.13. The third kappa shape index (κ3) is 5.39. The number of hydrogen-bond donors (Lipinski definition) is 0. The zero-order valence-electron chi connectivity index (χ0n) is 14.2. The lowest BCUT2D eigenvalue weighted by Gasteiger charge is -2.41. The maximum atomic E-state index is 11.4. The van der Waals surface area contributed by atoms with Crippen molar-refractivity contribution < 1.29 is 33.2 Å². The van der Waals surface area contributed by atoms with Crippen LogP contribution < -0.4 is 0 Å². The molecule has 2 aliphatic heterocycles. The van der Waals surface area contributed by atoms with Gasteiger partial charge in [-0.3, -0.25) is 0 Å². The molecule has 0 amide bonds. The highest BCUT2D eigenvalue weighted by Crippen LogP contribution is 2.29. The lowest BCUT2D eigenvalue weighted by atomic mass is 9.93. The summed E-state index contributed by atoms with van der Waals surface area (Å²) in [5, 5.41) is 0. The van der Waals surface area contributed by atoms with Crippen molar-refractivity contribution in [3.05, 3.63) is 24.8 Å². The van der Waals surface area contributed by atoms with Gasteiger partial charge in [-0.15, -0.1) is 6.58 Å². The Morgan fingerprint density at radius 1 is 1.25 bits per heavy atom. The fraction of sp³-hybridized carbons (Fsp3) is 0.706. The molecule has 0 radical (unpaired) electrons. The Morgan fingerprint density at radius 2 is 2.00 bits per heavy atom. The van der Waals surface area contributed by atoms with Gasteiger partial charge in [-0.05, 0) is 0 Å². The molecule has 0 aromatic rings. The number of cyclic esters (lactones) is 1. The van der Waals surface area contributed by atoms with Gasteiger partial charge < -0.3 is 28.4 Å². The van der Waals surface area contributed by atoms with Crippen molar-refractivity contribution in [1.29, 1.82) is 0 Å². The summed E-state index contributed by atoms with van der Waals surface area (Å²) in [4.78, 5) is 11.4. The van der Waals surface area contributed by atoms with E-state index in [1.54, 1.807) is 20.3 Å². The van der Waals surface area contributed by atoms with Crippen molar-refractivity contribution >= 4 is 5.97 Å². The van der Waals surface area contributed by atoms with Gasteiger partial charge >= 0.3 is 5.97 Å². The highest BCUT2D eigenvalue weighted by atomic mass is 16.7. The minimum atomic E-state index is -0.337. The SMILES string of the molecule is C=C[C@H]1O[C@H](C[C@H]2CC=CC(=O)O2)C[C@@H](OCOC)[C@@H]1OCOC. The standard InChI is InChI=1S/C17H26O7/c1-4-14-17(22-11-20-3)15(21-10-19-2)9-13(23-14)8-12-6-5-7-16(18)24-12/h4-5,7,12-15,17H,1,6,8-11H2,2-3H3/t12-,13-,14-,15-,17-/m1/s1. The van der Waals surface area contributed by atoms with E-state index in [0.29, 0.717) is 19.3 Å². The molecule has 0 spiro atoms. The van der Waals surface area contributed by atoms with E-state index in [0.717, 1.165) is 0 Å². The predicted molar refractivity (Wildman–Crippen MR) is 85.2 cm³/mol. The van der Waals surface area contributed by atoms with Gasteiger partial charge in [0.25, 0.3) is 0 Å². The van der Waals surface area contributed by atoms with Gasteiger partial charge in [0.2, 0.25) is 0 Å². The largest absolute Gasteiger partial charge is 0.459 e. The molecule has 136 valence electrons. The Balaban J connectivity index is 1.99. The zero-order valence-corrected chi connectivity index (χ0v) is 14.2. The maximum absolute atomic E-state index is 11.4. The summed E-state index contributed by atoms with van der Waals surface area (Å²) in [5.41, 5.74) is 0. The summed E-state index contributed by atoms with van der Waals surface area (Å²) in [6, 6.07) is 0. The number of esters is 1. The monoisotopic (exact) mass is 342 g/mol. The maximum Gasteiger partial charge on any atom is 0.330 e. The van der Waals surface area contributed by atoms with E-state index in [4.69, 9.17) is 28.4 Å². The normalized spacial score (nSPS) is 33.2. The van der Waals surface area contributed by atoms with Crippen LogP contribution in [0.1, 0.15) is 19.3 Å². The summed E-state index contributed by atoms with van der Waals surface area (Å²) >= 11 is 0. The van der Waals surface area contributed by atoms with E-state index in [-0.39, 0.29) is 50.1 Å². The molecule has 5 atom stereocenters. The summed E-state index contributed by atoms with van der Waals surface area (Å²) < 4.78 is 32.8. The summed E-state index contributed by atoms with van der Waals surface area (Å²) in [6.07, 6.45) is 5.68. The number of rotatable bonds is 9. The third-order valence-electron chi connectivity index (χ3n) is 4.01. The fourth-order valence-corrected chi connectivity index (χ4v) is 2.97. The van der Waals surface area contributed by atoms with Crippen molar-refractivity contribution in [3.8, 4) is 0 Å². The van der Waals surface area contributed by atoms with Gasteiger partial charge in [0.1, 0.15) is 31.9 Å². The molecule has 2 rings (SSSR count). The van der Waals surface area contributed by atoms with Crippen molar-refractivity contribution in [1.82, 2.24) is 0 Å². The van der Waals surface area contributed by atoms with E-state index < -0.39 is 0 Å². The minimum Gasteiger partial charge on any atom is -0.459 e. The topological polar surface area (TPSA) is 72.5 Å². The lowest BCUT2D eigenvalue weighted by Crippen LogP contribution is -2.51. The first-order valence-electron chi connectivity index (χ1n) is 8.04. The van der Waals surface area contributed by atoms with Crippen LogP contribution in [0.4, 0.5) is 0 Å². The van der Waals surface area contributed by atoms with Crippen molar-refractivity contribution in [2.24, 2.45) is 0 Å². The van der Waals surface area contributed by atoms with E-state index in [1.807, 2.05) is 6.08 Å². The number of ether oxygens (including phenoxy) is 6. The first kappa shape index (κ1) is 19.1. The molecule has 2 heterocycles. The number of hydrogen-bond acceptors (Lipinski definition) is 7. The molecule has 0 saturated carbocycles. The molecular weight excluding hydrogens is 316 g/mol. The van der Waals surface area contributed by atoms with Gasteiger partial charge in [0.05, 0.1) is 12.2 Å². The Bertz CT molecular complexity index is 437. The average Bonchev–Trinajstić information content (AvgIpc) is 2.58. The van der Waals surface area contributed by atoms with E-state index in [1.165, 1.54) is 6.08 Å². The molecule has 7 heteroatoms. The highest BCUT2D eigenvalue weighted by molar-refractivity contribution is 5.82. The van der Waals surface area contributed by atoms with Crippen LogP contribution in [0, 0.1) is 0 Å². The first-order valence-corrected chi connectivity index (χ1v) is 8.04. The Morgan fingerprint density at radius 3 is 2.67 bits per heavy atom. The van der Waals surface area contributed by atoms with E-state index in [2.05, 4.69) is 6.58 Å². The molecule has 0 aromatic heterocycles. The Hall–Kier alpha value is -1.25. The van der Waals surface area contributed by atoms with Crippen molar-refractivity contribution in [2.45, 2.75) is 49.8 Å². The summed E-state index contributed by atoms with van der Waals surface area (Å²) in [6.45, 7) is 4.12. The van der Waals surface area contributed by atoms with Crippen LogP contribution >= 0.6 is 0 Å². The van der Waals surface area contributed by atoms with Crippen LogP contribution in [-0.4, -0.2) is 64.3 Å². The second-order valence-corrected chi connectivity index (χ2v) is 5.78. The molecule has 1 saturated heterocycles. The third-order valence-corrected chi connectivity index (χ3v) is 4.01. The zero-order chi connectivity index (χ0) is 17.4. The van der Waals surface area contributed by atoms with E-state index in [9.17, 15) is 4.79 Å². The second kappa shape index (κ2) is 9.90. The number of carbonyl (C=O) groups excluding carboxylic acids is 1. The van der Waals surface area contributed by atoms with Crippen molar-refractivity contribution in [2.75, 3.05) is 27.8 Å². The van der Waals surface area contributed by atoms with Crippen LogP contribution in [0.2, 0.25) is 0 Å². The fourth-order valence-electron chi connectivity index (χ4n) is 2.97. The van der Waals surface area contributed by atoms with Crippen LogP contribution in [0.5, 0.6) is 0 Å². The lowest BCUT2D eigenvalue weighted by molar-refractivity contribution is -0.229. The molecule has 7 nitrogen and oxygen atoms in total. The molecule has 0 aliphatic carbocycles. The van der Waals surface area contributed by atoms with Gasteiger partial charge in [-0.25, -0.2) is 4.79 Å². The van der Waals surface area contributed by atoms with Gasteiger partial charge in [0, 0.05) is 39.6 Å². The quantitative estimate of drug-likeness (QED) is 0.358. The van der Waals surface area contributed by atoms with Gasteiger partial charge in [-0.2, -0.15) is 0 Å². The molecule has 1 fully saturated rings. The first-order chi connectivity index (χ1) is 11.7. The molecule has 0 aromatic carbocycles. The van der Waals surface area contributed by atoms with Crippen LogP contribution in [-0.2, 0) is 33.2 Å². The van der Waals surface area contributed by atoms with E-state index >= 15 is 0 Å². The predicted octanol–water partition coefficient (Wildman–Crippen LogP) is 1.57. The molecule has 0 unspecified atom stereocenters. The van der Waals surface area contributed by atoms with Crippen LogP contribution in [0.3, 0.4) is 0 Å². The summed E-state index contributed by atoms with van der Waals surface area (Å²) in [5.74, 6) is -0.309. The minimum absolute atomic E-state index is 0.124.